The molecule has 3 amide bonds. The second-order valence-electron chi connectivity index (χ2n) is 1.88. The fourth-order valence-electron chi connectivity index (χ4n) is 0.380. The largest absolute Gasteiger partial charge is 0.333 e. The first-order valence-electron chi connectivity index (χ1n) is 3.03. The lowest BCUT2D eigenvalue weighted by Gasteiger charge is -2.03. The van der Waals surface area contributed by atoms with E-state index in [2.05, 4.69) is 11.9 Å². The number of carbonyl (C=O) groups excluding carboxylic acids is 2. The smallest absolute Gasteiger partial charge is 0.321 e. The molecule has 0 aliphatic heterocycles. The van der Waals surface area contributed by atoms with Crippen LogP contribution in [-0.4, -0.2) is 24.4 Å². The van der Waals surface area contributed by atoms with E-state index >= 15 is 0 Å². The normalized spacial score (nSPS) is 8.83. The van der Waals surface area contributed by atoms with Gasteiger partial charge in [-0.3, -0.25) is 10.1 Å². The predicted molar refractivity (Wildman–Crippen MR) is 47.3 cm³/mol. The Bertz CT molecular complexity index is 206. The Morgan fingerprint density at radius 2 is 2.00 bits per heavy atom. The van der Waals surface area contributed by atoms with Crippen LogP contribution < -0.4 is 10.6 Å². The van der Waals surface area contributed by atoms with Gasteiger partial charge in [0.15, 0.2) is 0 Å². The van der Waals surface area contributed by atoms with Gasteiger partial charge >= 0.3 is 6.03 Å². The lowest BCUT2D eigenvalue weighted by molar-refractivity contribution is -0.117. The van der Waals surface area contributed by atoms with Crippen LogP contribution in [0.3, 0.4) is 0 Å². The predicted octanol–water partition coefficient (Wildman–Crippen LogP) is 0.803. The van der Waals surface area contributed by atoms with Crippen molar-refractivity contribution in [2.75, 3.05) is 12.4 Å². The molecule has 12 heavy (non-hydrogen) atoms. The Morgan fingerprint density at radius 1 is 1.42 bits per heavy atom. The molecule has 0 aromatic rings. The van der Waals surface area contributed by atoms with Crippen LogP contribution in [0.15, 0.2) is 11.6 Å². The molecule has 0 fully saturated rings. The maximum atomic E-state index is 10.7. The highest BCUT2D eigenvalue weighted by Gasteiger charge is 2.04. The number of hydrogen-bond acceptors (Lipinski definition) is 2. The van der Waals surface area contributed by atoms with E-state index in [1.165, 1.54) is 0 Å². The number of amides is 3. The van der Waals surface area contributed by atoms with E-state index in [0.29, 0.717) is 0 Å². The Hall–Kier alpha value is -0.740. The van der Waals surface area contributed by atoms with Crippen LogP contribution in [0.1, 0.15) is 0 Å². The maximum Gasteiger partial charge on any atom is 0.321 e. The van der Waals surface area contributed by atoms with E-state index in [0.717, 1.165) is 0 Å². The van der Waals surface area contributed by atoms with Crippen LogP contribution in [0.5, 0.6) is 0 Å². The molecule has 0 radical (unpaired) electrons. The molecule has 2 N–H and O–H groups in total. The minimum absolute atomic E-state index is 0.114. The first-order chi connectivity index (χ1) is 5.56. The molecule has 6 heteroatoms. The van der Waals surface area contributed by atoms with Crippen molar-refractivity contribution in [2.24, 2.45) is 0 Å². The quantitative estimate of drug-likeness (QED) is 0.678. The summed E-state index contributed by atoms with van der Waals surface area (Å²) in [5.41, 5.74) is 0. The van der Waals surface area contributed by atoms with Crippen molar-refractivity contribution in [1.82, 2.24) is 10.6 Å². The molecule has 0 saturated carbocycles. The fourth-order valence-corrected chi connectivity index (χ4v) is 0.514. The van der Waals surface area contributed by atoms with Crippen LogP contribution >= 0.6 is 23.2 Å². The van der Waals surface area contributed by atoms with Crippen molar-refractivity contribution in [3.05, 3.63) is 11.6 Å². The van der Waals surface area contributed by atoms with E-state index < -0.39 is 11.9 Å². The summed E-state index contributed by atoms with van der Waals surface area (Å²) >= 11 is 10.5. The zero-order valence-electron chi connectivity index (χ0n) is 6.19. The molecule has 0 atom stereocenters. The van der Waals surface area contributed by atoms with Crippen molar-refractivity contribution in [2.45, 2.75) is 0 Å². The lowest BCUT2D eigenvalue weighted by atomic mass is 10.6. The Balaban J connectivity index is 3.60. The second-order valence-corrected chi connectivity index (χ2v) is 2.68. The molecular formula is C6H8Cl2N2O2. The second kappa shape index (κ2) is 5.85. The van der Waals surface area contributed by atoms with Gasteiger partial charge in [0.25, 0.3) is 0 Å². The zero-order chi connectivity index (χ0) is 9.56. The van der Waals surface area contributed by atoms with Crippen LogP contribution in [-0.2, 0) is 4.79 Å². The van der Waals surface area contributed by atoms with Gasteiger partial charge in [-0.1, -0.05) is 18.2 Å². The van der Waals surface area contributed by atoms with Crippen molar-refractivity contribution in [3.63, 3.8) is 0 Å². The van der Waals surface area contributed by atoms with Gasteiger partial charge in [0.05, 0.1) is 6.54 Å². The molecule has 0 rings (SSSR count). The Kier molecular flexibility index (Phi) is 5.49. The van der Waals surface area contributed by atoms with Gasteiger partial charge in [0.1, 0.15) is 5.88 Å². The van der Waals surface area contributed by atoms with Gasteiger partial charge in [-0.15, -0.1) is 11.6 Å². The summed E-state index contributed by atoms with van der Waals surface area (Å²) in [5, 5.41) is 4.53. The number of halogens is 2. The van der Waals surface area contributed by atoms with Crippen molar-refractivity contribution in [1.29, 1.82) is 0 Å². The van der Waals surface area contributed by atoms with Gasteiger partial charge < -0.3 is 5.32 Å². The molecule has 4 nitrogen and oxygen atoms in total. The third-order valence-corrected chi connectivity index (χ3v) is 1.19. The molecule has 0 aromatic heterocycles. The summed E-state index contributed by atoms with van der Waals surface area (Å²) in [6.07, 6.45) is 0. The highest BCUT2D eigenvalue weighted by atomic mass is 35.5. The fraction of sp³-hybridized carbons (Fsp3) is 0.333. The number of carbonyl (C=O) groups is 2. The highest BCUT2D eigenvalue weighted by Crippen LogP contribution is 1.91. The monoisotopic (exact) mass is 210 g/mol. The van der Waals surface area contributed by atoms with Gasteiger partial charge in [0.2, 0.25) is 5.91 Å². The zero-order valence-corrected chi connectivity index (χ0v) is 7.71. The first kappa shape index (κ1) is 11.3. The minimum atomic E-state index is -0.637. The van der Waals surface area contributed by atoms with Crippen molar-refractivity contribution >= 4 is 35.1 Å². The molecular weight excluding hydrogens is 203 g/mol. The summed E-state index contributed by atoms with van der Waals surface area (Å²) in [4.78, 5) is 21.2. The lowest BCUT2D eigenvalue weighted by Crippen LogP contribution is -2.40. The van der Waals surface area contributed by atoms with E-state index in [1.54, 1.807) is 0 Å². The number of hydrogen-bond donors (Lipinski definition) is 2. The number of nitrogens with one attached hydrogen (secondary N) is 2. The molecule has 0 aliphatic rings. The van der Waals surface area contributed by atoms with Gasteiger partial charge in [-0.05, 0) is 0 Å². The van der Waals surface area contributed by atoms with Gasteiger partial charge in [-0.25, -0.2) is 4.79 Å². The number of urea groups is 1. The Labute approximate surface area is 79.9 Å². The average molecular weight is 211 g/mol. The number of rotatable bonds is 3. The third kappa shape index (κ3) is 6.00. The minimum Gasteiger partial charge on any atom is -0.333 e. The van der Waals surface area contributed by atoms with Crippen LogP contribution in [0.4, 0.5) is 4.79 Å². The van der Waals surface area contributed by atoms with Crippen LogP contribution in [0.25, 0.3) is 0 Å². The highest BCUT2D eigenvalue weighted by molar-refractivity contribution is 6.29. The van der Waals surface area contributed by atoms with Gasteiger partial charge in [-0.2, -0.15) is 0 Å². The van der Waals surface area contributed by atoms with Crippen LogP contribution in [0.2, 0.25) is 0 Å². The SMILES string of the molecule is C=C(Cl)CNC(=O)NC(=O)CCl. The topological polar surface area (TPSA) is 58.2 Å². The van der Waals surface area contributed by atoms with Crippen LogP contribution in [0, 0.1) is 0 Å². The van der Waals surface area contributed by atoms with Gasteiger partial charge in [0, 0.05) is 5.03 Å². The maximum absolute atomic E-state index is 10.7. The summed E-state index contributed by atoms with van der Waals surface area (Å²) in [7, 11) is 0. The molecule has 0 spiro atoms. The number of imide groups is 1. The first-order valence-corrected chi connectivity index (χ1v) is 3.94. The standard InChI is InChI=1S/C6H8Cl2N2O2/c1-4(8)3-9-6(12)10-5(11)2-7/h1-3H2,(H2,9,10,11,12). The van der Waals surface area contributed by atoms with E-state index in [4.69, 9.17) is 23.2 Å². The van der Waals surface area contributed by atoms with Crippen molar-refractivity contribution in [3.8, 4) is 0 Å². The molecule has 0 aliphatic carbocycles. The summed E-state index contributed by atoms with van der Waals surface area (Å²) in [6, 6.07) is -0.637. The molecule has 0 bridgehead atoms. The third-order valence-electron chi connectivity index (χ3n) is 0.815. The van der Waals surface area contributed by atoms with E-state index in [1.807, 2.05) is 5.32 Å². The number of alkyl halides is 1. The average Bonchev–Trinajstić information content (AvgIpc) is 2.00. The summed E-state index contributed by atoms with van der Waals surface area (Å²) in [5.74, 6) is -0.816. The summed E-state index contributed by atoms with van der Waals surface area (Å²) in [6.45, 7) is 3.45. The molecule has 0 saturated heterocycles. The van der Waals surface area contributed by atoms with Crippen molar-refractivity contribution < 1.29 is 9.59 Å². The molecule has 0 aromatic carbocycles. The molecule has 0 unspecified atom stereocenters. The van der Waals surface area contributed by atoms with E-state index in [9.17, 15) is 9.59 Å². The molecule has 68 valence electrons. The summed E-state index contributed by atoms with van der Waals surface area (Å²) < 4.78 is 0. The Morgan fingerprint density at radius 3 is 2.42 bits per heavy atom. The molecule has 0 heterocycles. The van der Waals surface area contributed by atoms with E-state index in [-0.39, 0.29) is 17.5 Å².